The highest BCUT2D eigenvalue weighted by atomic mass is 127. The zero-order valence-electron chi connectivity index (χ0n) is 14.6. The molecule has 0 radical (unpaired) electrons. The molecule has 1 atom stereocenters. The van der Waals surface area contributed by atoms with E-state index in [-0.39, 0.29) is 35.8 Å². The topological polar surface area (TPSA) is 56.7 Å². The molecule has 1 unspecified atom stereocenters. The van der Waals surface area contributed by atoms with Crippen molar-refractivity contribution in [2.75, 3.05) is 33.2 Å². The predicted molar refractivity (Wildman–Crippen MR) is 106 cm³/mol. The predicted octanol–water partition coefficient (Wildman–Crippen LogP) is 2.61. The Labute approximate surface area is 158 Å². The standard InChI is InChI=1S/C17H32N4O.HI/c1-14-7-6-12-21(13-14)17(18-2)20-11-10-19-16(22)15-8-4-3-5-9-15;/h14-15H,3-13H2,1-2H3,(H,18,20)(H,19,22);1H. The zero-order chi connectivity index (χ0) is 15.8. The number of halogens is 1. The first kappa shape index (κ1) is 20.5. The Morgan fingerprint density at radius 2 is 1.78 bits per heavy atom. The molecule has 0 bridgehead atoms. The molecule has 134 valence electrons. The molecule has 1 saturated carbocycles. The average Bonchev–Trinajstić information content (AvgIpc) is 2.55. The Hall–Kier alpha value is -0.530. The molecule has 1 aliphatic carbocycles. The summed E-state index contributed by atoms with van der Waals surface area (Å²) in [5, 5.41) is 6.45. The monoisotopic (exact) mass is 436 g/mol. The van der Waals surface area contributed by atoms with E-state index in [1.54, 1.807) is 0 Å². The van der Waals surface area contributed by atoms with Crippen LogP contribution in [0.15, 0.2) is 4.99 Å². The number of amides is 1. The summed E-state index contributed by atoms with van der Waals surface area (Å²) in [5.41, 5.74) is 0. The van der Waals surface area contributed by atoms with Crippen LogP contribution in [0.1, 0.15) is 51.9 Å². The summed E-state index contributed by atoms with van der Waals surface area (Å²) in [6.45, 7) is 5.88. The van der Waals surface area contributed by atoms with Crippen LogP contribution in [0, 0.1) is 11.8 Å². The Kier molecular flexibility index (Phi) is 9.90. The van der Waals surface area contributed by atoms with Gasteiger partial charge in [-0.05, 0) is 31.6 Å². The third-order valence-electron chi connectivity index (χ3n) is 4.85. The molecule has 0 aromatic heterocycles. The molecule has 1 aliphatic heterocycles. The van der Waals surface area contributed by atoms with E-state index in [0.29, 0.717) is 6.54 Å². The van der Waals surface area contributed by atoms with Crippen molar-refractivity contribution in [3.63, 3.8) is 0 Å². The lowest BCUT2D eigenvalue weighted by Gasteiger charge is -2.33. The van der Waals surface area contributed by atoms with Crippen molar-refractivity contribution in [1.29, 1.82) is 0 Å². The Morgan fingerprint density at radius 3 is 2.43 bits per heavy atom. The number of aliphatic imine (C=N–C) groups is 1. The fourth-order valence-corrected chi connectivity index (χ4v) is 3.58. The second-order valence-electron chi connectivity index (χ2n) is 6.79. The molecule has 5 nitrogen and oxygen atoms in total. The second kappa shape index (κ2) is 11.1. The largest absolute Gasteiger partial charge is 0.354 e. The van der Waals surface area contributed by atoms with E-state index in [2.05, 4.69) is 27.4 Å². The van der Waals surface area contributed by atoms with Gasteiger partial charge in [0.25, 0.3) is 0 Å². The SMILES string of the molecule is CN=C(NCCNC(=O)C1CCCCC1)N1CCCC(C)C1.I. The summed E-state index contributed by atoms with van der Waals surface area (Å²) < 4.78 is 0. The molecular formula is C17H33IN4O. The number of carbonyl (C=O) groups is 1. The third-order valence-corrected chi connectivity index (χ3v) is 4.85. The smallest absolute Gasteiger partial charge is 0.223 e. The summed E-state index contributed by atoms with van der Waals surface area (Å²) in [7, 11) is 1.84. The van der Waals surface area contributed by atoms with Crippen LogP contribution in [-0.4, -0.2) is 50.0 Å². The van der Waals surface area contributed by atoms with Gasteiger partial charge in [0, 0.05) is 39.1 Å². The maximum absolute atomic E-state index is 12.1. The Morgan fingerprint density at radius 1 is 1.09 bits per heavy atom. The van der Waals surface area contributed by atoms with Crippen LogP contribution in [0.3, 0.4) is 0 Å². The molecular weight excluding hydrogens is 403 g/mol. The molecule has 1 saturated heterocycles. The molecule has 2 rings (SSSR count). The quantitative estimate of drug-likeness (QED) is 0.308. The molecule has 2 N–H and O–H groups in total. The summed E-state index contributed by atoms with van der Waals surface area (Å²) in [5.74, 6) is 2.19. The van der Waals surface area contributed by atoms with E-state index in [1.165, 1.54) is 32.1 Å². The van der Waals surface area contributed by atoms with Crippen LogP contribution in [0.4, 0.5) is 0 Å². The Bertz CT molecular complexity index is 383. The number of likely N-dealkylation sites (tertiary alicyclic amines) is 1. The van der Waals surface area contributed by atoms with Gasteiger partial charge in [0.15, 0.2) is 5.96 Å². The van der Waals surface area contributed by atoms with E-state index in [4.69, 9.17) is 0 Å². The Balaban J connectivity index is 0.00000264. The van der Waals surface area contributed by atoms with Crippen molar-refractivity contribution in [3.05, 3.63) is 0 Å². The molecule has 1 heterocycles. The molecule has 2 fully saturated rings. The van der Waals surface area contributed by atoms with Crippen molar-refractivity contribution in [2.45, 2.75) is 51.9 Å². The van der Waals surface area contributed by atoms with Crippen LogP contribution < -0.4 is 10.6 Å². The third kappa shape index (κ3) is 6.85. The normalized spacial score (nSPS) is 23.1. The van der Waals surface area contributed by atoms with Gasteiger partial charge < -0.3 is 15.5 Å². The van der Waals surface area contributed by atoms with Crippen LogP contribution in [0.5, 0.6) is 0 Å². The van der Waals surface area contributed by atoms with Crippen LogP contribution in [0.25, 0.3) is 0 Å². The van der Waals surface area contributed by atoms with Crippen LogP contribution in [0.2, 0.25) is 0 Å². The first-order chi connectivity index (χ1) is 10.7. The lowest BCUT2D eigenvalue weighted by atomic mass is 9.89. The van der Waals surface area contributed by atoms with Gasteiger partial charge in [-0.25, -0.2) is 0 Å². The number of nitrogens with one attached hydrogen (secondary N) is 2. The van der Waals surface area contributed by atoms with Crippen LogP contribution in [-0.2, 0) is 4.79 Å². The van der Waals surface area contributed by atoms with Crippen molar-refractivity contribution < 1.29 is 4.79 Å². The van der Waals surface area contributed by atoms with Gasteiger partial charge >= 0.3 is 0 Å². The lowest BCUT2D eigenvalue weighted by Crippen LogP contribution is -2.48. The number of guanidine groups is 1. The minimum atomic E-state index is 0. The minimum Gasteiger partial charge on any atom is -0.354 e. The van der Waals surface area contributed by atoms with Gasteiger partial charge in [0.1, 0.15) is 0 Å². The molecule has 0 spiro atoms. The minimum absolute atomic E-state index is 0. The van der Waals surface area contributed by atoms with E-state index < -0.39 is 0 Å². The maximum Gasteiger partial charge on any atom is 0.223 e. The fourth-order valence-electron chi connectivity index (χ4n) is 3.58. The van der Waals surface area contributed by atoms with Crippen molar-refractivity contribution >= 4 is 35.8 Å². The molecule has 2 aliphatic rings. The van der Waals surface area contributed by atoms with Gasteiger partial charge in [-0.15, -0.1) is 24.0 Å². The molecule has 0 aromatic rings. The maximum atomic E-state index is 12.1. The van der Waals surface area contributed by atoms with E-state index in [0.717, 1.165) is 44.4 Å². The molecule has 1 amide bonds. The summed E-state index contributed by atoms with van der Waals surface area (Å²) in [6, 6.07) is 0. The zero-order valence-corrected chi connectivity index (χ0v) is 17.0. The number of carbonyl (C=O) groups excluding carboxylic acids is 1. The fraction of sp³-hybridized carbons (Fsp3) is 0.882. The first-order valence-corrected chi connectivity index (χ1v) is 8.94. The highest BCUT2D eigenvalue weighted by molar-refractivity contribution is 14.0. The van der Waals surface area contributed by atoms with Crippen molar-refractivity contribution in [1.82, 2.24) is 15.5 Å². The van der Waals surface area contributed by atoms with Gasteiger partial charge in [-0.2, -0.15) is 0 Å². The molecule has 23 heavy (non-hydrogen) atoms. The first-order valence-electron chi connectivity index (χ1n) is 8.94. The summed E-state index contributed by atoms with van der Waals surface area (Å²) in [4.78, 5) is 18.8. The van der Waals surface area contributed by atoms with Gasteiger partial charge in [-0.3, -0.25) is 9.79 Å². The number of nitrogens with zero attached hydrogens (tertiary/aromatic N) is 2. The van der Waals surface area contributed by atoms with Crippen LogP contribution >= 0.6 is 24.0 Å². The molecule has 0 aromatic carbocycles. The summed E-state index contributed by atoms with van der Waals surface area (Å²) >= 11 is 0. The van der Waals surface area contributed by atoms with E-state index in [9.17, 15) is 4.79 Å². The van der Waals surface area contributed by atoms with E-state index in [1.807, 2.05) is 7.05 Å². The van der Waals surface area contributed by atoms with Crippen molar-refractivity contribution in [3.8, 4) is 0 Å². The number of hydrogen-bond donors (Lipinski definition) is 2. The highest BCUT2D eigenvalue weighted by Crippen LogP contribution is 2.23. The number of rotatable bonds is 4. The van der Waals surface area contributed by atoms with Gasteiger partial charge in [-0.1, -0.05) is 26.2 Å². The van der Waals surface area contributed by atoms with Gasteiger partial charge in [0.05, 0.1) is 0 Å². The van der Waals surface area contributed by atoms with Crippen molar-refractivity contribution in [2.24, 2.45) is 16.8 Å². The number of piperidine rings is 1. The second-order valence-corrected chi connectivity index (χ2v) is 6.79. The lowest BCUT2D eigenvalue weighted by molar-refractivity contribution is -0.125. The van der Waals surface area contributed by atoms with Gasteiger partial charge in [0.2, 0.25) is 5.91 Å². The van der Waals surface area contributed by atoms with E-state index >= 15 is 0 Å². The summed E-state index contributed by atoms with van der Waals surface area (Å²) in [6.07, 6.45) is 8.37. The molecule has 6 heteroatoms. The highest BCUT2D eigenvalue weighted by Gasteiger charge is 2.21. The average molecular weight is 436 g/mol. The number of hydrogen-bond acceptors (Lipinski definition) is 2.